The average Bonchev–Trinajstić information content (AvgIpc) is 2.77. The molecular weight excluding hydrogens is 452 g/mol. The van der Waals surface area contributed by atoms with Gasteiger partial charge in [-0.3, -0.25) is 4.79 Å². The van der Waals surface area contributed by atoms with Crippen LogP contribution in [0.2, 0.25) is 0 Å². The summed E-state index contributed by atoms with van der Waals surface area (Å²) >= 11 is 0. The zero-order valence-electron chi connectivity index (χ0n) is 21.3. The van der Waals surface area contributed by atoms with Gasteiger partial charge in [-0.15, -0.1) is 0 Å². The van der Waals surface area contributed by atoms with Gasteiger partial charge in [-0.05, 0) is 69.9 Å². The quantitative estimate of drug-likeness (QED) is 0.449. The van der Waals surface area contributed by atoms with Crippen LogP contribution in [0.5, 0.6) is 0 Å². The molecule has 1 heterocycles. The van der Waals surface area contributed by atoms with Gasteiger partial charge < -0.3 is 15.4 Å². The molecule has 36 heavy (non-hydrogen) atoms. The van der Waals surface area contributed by atoms with Crippen LogP contribution in [0.25, 0.3) is 10.8 Å². The zero-order valence-corrected chi connectivity index (χ0v) is 21.3. The maximum atomic E-state index is 12.4. The highest BCUT2D eigenvalue weighted by Gasteiger charge is 2.53. The number of aromatic amines is 1. The number of carbonyl (C=O) groups excluding carboxylic acids is 1. The van der Waals surface area contributed by atoms with Crippen LogP contribution in [-0.4, -0.2) is 40.5 Å². The van der Waals surface area contributed by atoms with Crippen molar-refractivity contribution < 1.29 is 9.53 Å². The van der Waals surface area contributed by atoms with Crippen LogP contribution in [0.1, 0.15) is 63.6 Å². The first-order valence-electron chi connectivity index (χ1n) is 12.9. The molecule has 1 spiro atoms. The minimum absolute atomic E-state index is 0.0513. The van der Waals surface area contributed by atoms with Crippen molar-refractivity contribution in [2.45, 2.75) is 76.5 Å². The highest BCUT2D eigenvalue weighted by atomic mass is 16.6. The molecule has 0 bridgehead atoms. The van der Waals surface area contributed by atoms with Gasteiger partial charge in [0.2, 0.25) is 0 Å². The number of nitrogens with zero attached hydrogens (tertiary/aromatic N) is 1. The Hall–Kier alpha value is -3.19. The molecule has 0 aliphatic heterocycles. The second-order valence-corrected chi connectivity index (χ2v) is 11.6. The summed E-state index contributed by atoms with van der Waals surface area (Å²) in [7, 11) is 0. The van der Waals surface area contributed by atoms with Gasteiger partial charge in [0, 0.05) is 29.9 Å². The van der Waals surface area contributed by atoms with Crippen molar-refractivity contribution in [3.8, 4) is 0 Å². The molecular formula is C29H36N4O3. The molecule has 3 aromatic rings. The van der Waals surface area contributed by atoms with E-state index < -0.39 is 5.60 Å². The first-order chi connectivity index (χ1) is 17.2. The lowest BCUT2D eigenvalue weighted by atomic mass is 9.49. The minimum Gasteiger partial charge on any atom is -0.444 e. The molecule has 2 aliphatic rings. The van der Waals surface area contributed by atoms with E-state index in [4.69, 9.17) is 4.74 Å². The molecule has 5 rings (SSSR count). The van der Waals surface area contributed by atoms with Gasteiger partial charge in [-0.1, -0.05) is 48.5 Å². The van der Waals surface area contributed by atoms with Crippen LogP contribution in [0.3, 0.4) is 0 Å². The molecule has 1 atom stereocenters. The van der Waals surface area contributed by atoms with Gasteiger partial charge in [0.25, 0.3) is 5.56 Å². The summed E-state index contributed by atoms with van der Waals surface area (Å²) in [4.78, 5) is 24.6. The van der Waals surface area contributed by atoms with Crippen LogP contribution in [0, 0.1) is 5.41 Å². The molecule has 7 heteroatoms. The number of nitrogens with one attached hydrogen (secondary N) is 3. The van der Waals surface area contributed by atoms with E-state index in [1.165, 1.54) is 5.56 Å². The molecule has 0 saturated heterocycles. The van der Waals surface area contributed by atoms with Gasteiger partial charge in [-0.2, -0.15) is 5.10 Å². The Kier molecular flexibility index (Phi) is 6.60. The number of fused-ring (bicyclic) bond motifs is 1. The van der Waals surface area contributed by atoms with Crippen molar-refractivity contribution in [2.75, 3.05) is 6.54 Å². The molecule has 1 amide bonds. The Labute approximate surface area is 212 Å². The molecule has 0 radical (unpaired) electrons. The van der Waals surface area contributed by atoms with Crippen LogP contribution in [0.15, 0.2) is 59.4 Å². The normalized spacial score (nSPS) is 24.1. The molecule has 7 nitrogen and oxygen atoms in total. The van der Waals surface area contributed by atoms with E-state index in [0.29, 0.717) is 23.9 Å². The van der Waals surface area contributed by atoms with Crippen molar-refractivity contribution in [3.05, 3.63) is 76.2 Å². The van der Waals surface area contributed by atoms with Gasteiger partial charge >= 0.3 is 6.09 Å². The highest BCUT2D eigenvalue weighted by Crippen LogP contribution is 2.62. The molecule has 2 aliphatic carbocycles. The molecule has 3 N–H and O–H groups in total. The number of hydrogen-bond acceptors (Lipinski definition) is 5. The number of hydrogen-bond donors (Lipinski definition) is 3. The van der Waals surface area contributed by atoms with E-state index >= 15 is 0 Å². The van der Waals surface area contributed by atoms with Crippen LogP contribution in [0.4, 0.5) is 4.79 Å². The topological polar surface area (TPSA) is 96.1 Å². The average molecular weight is 489 g/mol. The van der Waals surface area contributed by atoms with E-state index in [1.54, 1.807) is 0 Å². The second kappa shape index (κ2) is 9.69. The lowest BCUT2D eigenvalue weighted by molar-refractivity contribution is -0.0223. The van der Waals surface area contributed by atoms with Crippen LogP contribution >= 0.6 is 0 Å². The number of rotatable bonds is 7. The fourth-order valence-corrected chi connectivity index (χ4v) is 5.95. The smallest absolute Gasteiger partial charge is 0.407 e. The number of alkyl carbamates (subject to hydrolysis) is 1. The van der Waals surface area contributed by atoms with Gasteiger partial charge in [0.15, 0.2) is 0 Å². The highest BCUT2D eigenvalue weighted by molar-refractivity contribution is 5.84. The lowest BCUT2D eigenvalue weighted by Crippen LogP contribution is -2.57. The van der Waals surface area contributed by atoms with Crippen molar-refractivity contribution in [2.24, 2.45) is 5.41 Å². The number of H-pyrrole nitrogens is 1. The van der Waals surface area contributed by atoms with E-state index in [1.807, 2.05) is 63.2 Å². The summed E-state index contributed by atoms with van der Waals surface area (Å²) in [5.74, 6) is 0.396. The van der Waals surface area contributed by atoms with Crippen LogP contribution in [-0.2, 0) is 11.2 Å². The fraction of sp³-hybridized carbons (Fsp3) is 0.483. The maximum Gasteiger partial charge on any atom is 0.407 e. The second-order valence-electron chi connectivity index (χ2n) is 11.6. The van der Waals surface area contributed by atoms with E-state index in [-0.39, 0.29) is 17.7 Å². The maximum absolute atomic E-state index is 12.4. The first-order valence-corrected chi connectivity index (χ1v) is 12.9. The number of benzene rings is 2. The third-order valence-corrected chi connectivity index (χ3v) is 7.53. The molecule has 0 unspecified atom stereocenters. The number of carbonyl (C=O) groups is 1. The van der Waals surface area contributed by atoms with Crippen molar-refractivity contribution in [1.82, 2.24) is 20.8 Å². The molecule has 1 aromatic heterocycles. The Bertz CT molecular complexity index is 1270. The number of ether oxygens (including phenoxy) is 1. The Morgan fingerprint density at radius 2 is 1.72 bits per heavy atom. The summed E-state index contributed by atoms with van der Waals surface area (Å²) < 4.78 is 5.50. The van der Waals surface area contributed by atoms with Crippen molar-refractivity contribution >= 4 is 16.9 Å². The number of aromatic nitrogens is 2. The van der Waals surface area contributed by atoms with E-state index in [0.717, 1.165) is 48.6 Å². The van der Waals surface area contributed by atoms with Crippen LogP contribution < -0.4 is 16.2 Å². The fourth-order valence-electron chi connectivity index (χ4n) is 5.95. The summed E-state index contributed by atoms with van der Waals surface area (Å²) in [5.41, 5.74) is 1.93. The Balaban J connectivity index is 1.15. The van der Waals surface area contributed by atoms with Gasteiger partial charge in [-0.25, -0.2) is 9.89 Å². The third kappa shape index (κ3) is 5.46. The first kappa shape index (κ1) is 24.5. The Morgan fingerprint density at radius 1 is 1.06 bits per heavy atom. The Morgan fingerprint density at radius 3 is 2.42 bits per heavy atom. The predicted octanol–water partition coefficient (Wildman–Crippen LogP) is 4.67. The molecule has 2 fully saturated rings. The largest absolute Gasteiger partial charge is 0.444 e. The lowest BCUT2D eigenvalue weighted by Gasteiger charge is -2.58. The van der Waals surface area contributed by atoms with Gasteiger partial charge in [0.05, 0.1) is 11.1 Å². The van der Waals surface area contributed by atoms with Crippen molar-refractivity contribution in [3.63, 3.8) is 0 Å². The molecule has 2 saturated carbocycles. The zero-order chi connectivity index (χ0) is 25.3. The minimum atomic E-state index is -0.526. The summed E-state index contributed by atoms with van der Waals surface area (Å²) in [5, 5.41) is 15.6. The SMILES string of the molecule is CC(C)(C)OC(=O)N[C@H](CNC1CC2(C1)CC(c1n[nH]c(=O)c3ccccc13)C2)Cc1ccccc1. The summed E-state index contributed by atoms with van der Waals surface area (Å²) in [6.07, 6.45) is 4.86. The van der Waals surface area contributed by atoms with E-state index in [2.05, 4.69) is 33.0 Å². The van der Waals surface area contributed by atoms with E-state index in [9.17, 15) is 9.59 Å². The third-order valence-electron chi connectivity index (χ3n) is 7.53. The number of amides is 1. The van der Waals surface area contributed by atoms with Gasteiger partial charge in [0.1, 0.15) is 5.60 Å². The monoisotopic (exact) mass is 488 g/mol. The predicted molar refractivity (Wildman–Crippen MR) is 141 cm³/mol. The van der Waals surface area contributed by atoms with Crippen molar-refractivity contribution in [1.29, 1.82) is 0 Å². The molecule has 190 valence electrons. The standard InChI is InChI=1S/C29H36N4O3/c1-28(2,3)36-27(35)31-21(13-19-9-5-4-6-10-19)18-30-22-16-29(17-22)14-20(15-29)25-23-11-7-8-12-24(23)26(34)33-32-25/h4-12,20-22,30H,13-18H2,1-3H3,(H,31,35)(H,33,34)/t20?,21-,22?,29?/m0/s1. The molecule has 2 aromatic carbocycles. The summed E-state index contributed by atoms with van der Waals surface area (Å²) in [6.45, 7) is 6.33. The summed E-state index contributed by atoms with van der Waals surface area (Å²) in [6, 6.07) is 18.4.